The van der Waals surface area contributed by atoms with Crippen LogP contribution in [-0.2, 0) is 16.1 Å². The molecule has 0 N–H and O–H groups in total. The number of ether oxygens (including phenoxy) is 3. The van der Waals surface area contributed by atoms with Gasteiger partial charge in [0, 0.05) is 10.1 Å². The highest BCUT2D eigenvalue weighted by molar-refractivity contribution is 9.12. The molecule has 0 fully saturated rings. The minimum atomic E-state index is -0.497. The van der Waals surface area contributed by atoms with Crippen molar-refractivity contribution in [2.24, 2.45) is 0 Å². The van der Waals surface area contributed by atoms with Crippen molar-refractivity contribution in [3.63, 3.8) is 0 Å². The third-order valence-electron chi connectivity index (χ3n) is 3.82. The van der Waals surface area contributed by atoms with E-state index >= 15 is 0 Å². The quantitative estimate of drug-likeness (QED) is 0.135. The number of halogens is 4. The standard InChI is InChI=1S/C14H12BrFO2.C10H12BrFO2/c1-17-14-11(15)7-8-12(13(14)16)18-9-10-5-3-2-4-6-10;1-3-14-9(6-12)4-5-10(11)8(2)7-13/h2-8H,9H2,1H3;4-7H,3H2,1-2H3/b;5-4-,9-6-,10-8-. The first kappa shape index (κ1) is 27.6. The van der Waals surface area contributed by atoms with Gasteiger partial charge in [0.15, 0.2) is 11.5 Å². The largest absolute Gasteiger partial charge is 0.492 e. The van der Waals surface area contributed by atoms with Crippen molar-refractivity contribution in [1.29, 1.82) is 0 Å². The third-order valence-corrected chi connectivity index (χ3v) is 5.34. The minimum absolute atomic E-state index is 0.128. The van der Waals surface area contributed by atoms with Crippen LogP contribution < -0.4 is 9.47 Å². The van der Waals surface area contributed by atoms with Crippen molar-refractivity contribution >= 4 is 38.1 Å². The molecule has 0 bridgehead atoms. The molecule has 0 radical (unpaired) electrons. The molecule has 0 heterocycles. The maximum absolute atomic E-state index is 14.0. The molecule has 0 aliphatic rings. The second kappa shape index (κ2) is 15.4. The molecule has 8 heteroatoms. The Morgan fingerprint density at radius 3 is 2.38 bits per heavy atom. The van der Waals surface area contributed by atoms with E-state index < -0.39 is 5.82 Å². The van der Waals surface area contributed by atoms with E-state index in [2.05, 4.69) is 31.9 Å². The predicted octanol–water partition coefficient (Wildman–Crippen LogP) is 7.43. The first-order chi connectivity index (χ1) is 15.4. The van der Waals surface area contributed by atoms with Crippen molar-refractivity contribution in [3.05, 3.63) is 92.6 Å². The Morgan fingerprint density at radius 1 is 1.12 bits per heavy atom. The average molecular weight is 574 g/mol. The normalized spacial score (nSPS) is 11.9. The molecule has 0 aliphatic heterocycles. The number of methoxy groups -OCH3 is 1. The van der Waals surface area contributed by atoms with Gasteiger partial charge in [0.2, 0.25) is 5.82 Å². The molecule has 0 unspecified atom stereocenters. The summed E-state index contributed by atoms with van der Waals surface area (Å²) >= 11 is 6.39. The highest BCUT2D eigenvalue weighted by Crippen LogP contribution is 2.34. The smallest absolute Gasteiger partial charge is 0.207 e. The fourth-order valence-electron chi connectivity index (χ4n) is 2.17. The van der Waals surface area contributed by atoms with Gasteiger partial charge in [-0.3, -0.25) is 4.79 Å². The summed E-state index contributed by atoms with van der Waals surface area (Å²) in [7, 11) is 1.42. The van der Waals surface area contributed by atoms with Gasteiger partial charge >= 0.3 is 0 Å². The summed E-state index contributed by atoms with van der Waals surface area (Å²) in [5.74, 6) is -0.0366. The molecule has 0 aromatic heterocycles. The molecule has 0 saturated heterocycles. The number of allylic oxidation sites excluding steroid dienone is 4. The molecule has 2 rings (SSSR count). The van der Waals surface area contributed by atoms with Gasteiger partial charge in [-0.05, 0) is 59.6 Å². The Morgan fingerprint density at radius 2 is 1.81 bits per heavy atom. The van der Waals surface area contributed by atoms with Gasteiger partial charge in [-0.2, -0.15) is 4.39 Å². The Labute approximate surface area is 203 Å². The van der Waals surface area contributed by atoms with E-state index in [0.717, 1.165) is 5.56 Å². The molecule has 0 atom stereocenters. The van der Waals surface area contributed by atoms with Gasteiger partial charge < -0.3 is 14.2 Å². The summed E-state index contributed by atoms with van der Waals surface area (Å²) in [5, 5.41) is 0. The number of hydrogen-bond donors (Lipinski definition) is 0. The van der Waals surface area contributed by atoms with Crippen LogP contribution in [0.5, 0.6) is 11.5 Å². The van der Waals surface area contributed by atoms with Crippen LogP contribution in [0.15, 0.2) is 81.2 Å². The molecular formula is C24H24Br2F2O4. The number of aldehydes is 1. The maximum Gasteiger partial charge on any atom is 0.207 e. The first-order valence-electron chi connectivity index (χ1n) is 9.49. The van der Waals surface area contributed by atoms with Gasteiger partial charge in [0.25, 0.3) is 0 Å². The molecule has 172 valence electrons. The summed E-state index contributed by atoms with van der Waals surface area (Å²) < 4.78 is 42.6. The van der Waals surface area contributed by atoms with E-state index in [4.69, 9.17) is 14.2 Å². The van der Waals surface area contributed by atoms with Crippen LogP contribution in [0.4, 0.5) is 8.78 Å². The van der Waals surface area contributed by atoms with E-state index in [9.17, 15) is 13.6 Å². The zero-order chi connectivity index (χ0) is 23.9. The minimum Gasteiger partial charge on any atom is -0.492 e. The Balaban J connectivity index is 0.000000333. The summed E-state index contributed by atoms with van der Waals surface area (Å²) in [5.41, 5.74) is 1.52. The van der Waals surface area contributed by atoms with Crippen molar-refractivity contribution in [3.8, 4) is 11.5 Å². The van der Waals surface area contributed by atoms with Crippen LogP contribution in [0.2, 0.25) is 0 Å². The van der Waals surface area contributed by atoms with Crippen molar-refractivity contribution in [1.82, 2.24) is 0 Å². The SMILES string of the molecule is CCOC(/C=C\C(Br)=C(/C)C=O)=C\F.COc1c(Br)ccc(OCc2ccccc2)c1F. The lowest BCUT2D eigenvalue weighted by Crippen LogP contribution is -1.99. The van der Waals surface area contributed by atoms with Crippen molar-refractivity contribution in [2.75, 3.05) is 13.7 Å². The van der Waals surface area contributed by atoms with Gasteiger partial charge in [0.1, 0.15) is 25.0 Å². The Bertz CT molecular complexity index is 958. The molecule has 32 heavy (non-hydrogen) atoms. The van der Waals surface area contributed by atoms with Crippen LogP contribution in [-0.4, -0.2) is 20.0 Å². The highest BCUT2D eigenvalue weighted by Gasteiger charge is 2.13. The second-order valence-corrected chi connectivity index (χ2v) is 7.80. The van der Waals surface area contributed by atoms with E-state index in [0.29, 0.717) is 40.4 Å². The van der Waals surface area contributed by atoms with Gasteiger partial charge in [0.05, 0.1) is 18.2 Å². The molecule has 0 amide bonds. The lowest BCUT2D eigenvalue weighted by molar-refractivity contribution is -0.104. The van der Waals surface area contributed by atoms with Crippen LogP contribution in [0, 0.1) is 5.82 Å². The molecule has 0 spiro atoms. The van der Waals surface area contributed by atoms with E-state index in [1.165, 1.54) is 13.2 Å². The van der Waals surface area contributed by atoms with Crippen LogP contribution in [0.1, 0.15) is 19.4 Å². The number of hydrogen-bond acceptors (Lipinski definition) is 4. The second-order valence-electron chi connectivity index (χ2n) is 6.09. The lowest BCUT2D eigenvalue weighted by atomic mass is 10.2. The number of carbonyl (C=O) groups excluding carboxylic acids is 1. The molecule has 0 aliphatic carbocycles. The van der Waals surface area contributed by atoms with Crippen molar-refractivity contribution < 1.29 is 27.8 Å². The van der Waals surface area contributed by atoms with Crippen LogP contribution >= 0.6 is 31.9 Å². The van der Waals surface area contributed by atoms with E-state index in [1.54, 1.807) is 32.1 Å². The van der Waals surface area contributed by atoms with Gasteiger partial charge in [-0.1, -0.05) is 46.3 Å². The molecule has 0 saturated carbocycles. The number of benzene rings is 2. The van der Waals surface area contributed by atoms with Gasteiger partial charge in [-0.25, -0.2) is 4.39 Å². The molecule has 4 nitrogen and oxygen atoms in total. The van der Waals surface area contributed by atoms with E-state index in [-0.39, 0.29) is 17.3 Å². The Hall–Kier alpha value is -2.45. The zero-order valence-corrected chi connectivity index (χ0v) is 21.1. The summed E-state index contributed by atoms with van der Waals surface area (Å²) in [6.45, 7) is 4.14. The molecule has 2 aromatic carbocycles. The summed E-state index contributed by atoms with van der Waals surface area (Å²) in [6, 6.07) is 12.9. The predicted molar refractivity (Wildman–Crippen MR) is 129 cm³/mol. The maximum atomic E-state index is 14.0. The zero-order valence-electron chi connectivity index (χ0n) is 17.9. The van der Waals surface area contributed by atoms with Gasteiger partial charge in [-0.15, -0.1) is 0 Å². The third kappa shape index (κ3) is 9.36. The van der Waals surface area contributed by atoms with E-state index in [1.807, 2.05) is 30.3 Å². The topological polar surface area (TPSA) is 44.8 Å². The molecular weight excluding hydrogens is 550 g/mol. The summed E-state index contributed by atoms with van der Waals surface area (Å²) in [4.78, 5) is 10.3. The number of carbonyl (C=O) groups is 1. The van der Waals surface area contributed by atoms with Crippen LogP contribution in [0.25, 0.3) is 0 Å². The fourth-order valence-corrected chi connectivity index (χ4v) is 2.87. The summed E-state index contributed by atoms with van der Waals surface area (Å²) in [6.07, 6.45) is 4.09. The highest BCUT2D eigenvalue weighted by atomic mass is 79.9. The monoisotopic (exact) mass is 572 g/mol. The van der Waals surface area contributed by atoms with Crippen molar-refractivity contribution in [2.45, 2.75) is 20.5 Å². The average Bonchev–Trinajstić information content (AvgIpc) is 2.82. The lowest BCUT2D eigenvalue weighted by Gasteiger charge is -2.11. The number of rotatable bonds is 9. The Kier molecular flexibility index (Phi) is 13.2. The van der Waals surface area contributed by atoms with Crippen LogP contribution in [0.3, 0.4) is 0 Å². The fraction of sp³-hybridized carbons (Fsp3) is 0.208. The molecule has 2 aromatic rings. The first-order valence-corrected chi connectivity index (χ1v) is 11.1.